The average molecular weight is 381 g/mol. The third-order valence-electron chi connectivity index (χ3n) is 4.66. The molecule has 0 rings (SSSR count). The minimum absolute atomic E-state index is 0.141. The first-order valence-electron chi connectivity index (χ1n) is 10.8. The van der Waals surface area contributed by atoms with Crippen molar-refractivity contribution in [2.24, 2.45) is 5.92 Å². The molecule has 0 bridgehead atoms. The fraction of sp³-hybridized carbons (Fsp3) is 0.739. The molecule has 0 aliphatic carbocycles. The van der Waals surface area contributed by atoms with Crippen LogP contribution in [0.1, 0.15) is 96.8 Å². The van der Waals surface area contributed by atoms with Crippen molar-refractivity contribution in [3.8, 4) is 0 Å². The van der Waals surface area contributed by atoms with Crippen LogP contribution in [0.25, 0.3) is 0 Å². The zero-order valence-corrected chi connectivity index (χ0v) is 17.3. The van der Waals surface area contributed by atoms with E-state index in [1.54, 1.807) is 0 Å². The van der Waals surface area contributed by atoms with Crippen LogP contribution in [0.2, 0.25) is 0 Å². The highest BCUT2D eigenvalue weighted by Gasteiger charge is 2.22. The standard InChI is InChI=1S/C23H40O4/c1-3-5-6-7-8-9-10-11-12-13-14-15-16-17-18-21(20-22(24)25)23(26)27-19-4-2/h4,9-10,21H,2-3,5-8,11-20H2,1H3,(H,24,25)/b10-9+. The van der Waals surface area contributed by atoms with E-state index in [2.05, 4.69) is 25.7 Å². The number of hydrogen-bond donors (Lipinski definition) is 1. The summed E-state index contributed by atoms with van der Waals surface area (Å²) in [6.07, 6.45) is 21.0. The van der Waals surface area contributed by atoms with Gasteiger partial charge in [-0.3, -0.25) is 9.59 Å². The lowest BCUT2D eigenvalue weighted by Gasteiger charge is -2.13. The smallest absolute Gasteiger partial charge is 0.309 e. The molecule has 27 heavy (non-hydrogen) atoms. The monoisotopic (exact) mass is 380 g/mol. The molecule has 0 saturated carbocycles. The Kier molecular flexibility index (Phi) is 18.1. The van der Waals surface area contributed by atoms with Crippen molar-refractivity contribution in [3.63, 3.8) is 0 Å². The van der Waals surface area contributed by atoms with Crippen LogP contribution in [-0.2, 0) is 14.3 Å². The third kappa shape index (κ3) is 17.6. The molecule has 0 radical (unpaired) electrons. The van der Waals surface area contributed by atoms with Gasteiger partial charge in [0.2, 0.25) is 0 Å². The van der Waals surface area contributed by atoms with Crippen LogP contribution in [0.3, 0.4) is 0 Å². The minimum Gasteiger partial charge on any atom is -0.481 e. The normalized spacial score (nSPS) is 12.2. The maximum atomic E-state index is 11.9. The highest BCUT2D eigenvalue weighted by Crippen LogP contribution is 2.17. The number of carboxylic acid groups (broad SMARTS) is 1. The Morgan fingerprint density at radius 2 is 1.48 bits per heavy atom. The Bertz CT molecular complexity index is 415. The molecule has 0 aliphatic rings. The Labute approximate surface area is 166 Å². The molecule has 0 saturated heterocycles. The van der Waals surface area contributed by atoms with Crippen molar-refractivity contribution >= 4 is 11.9 Å². The molecule has 0 spiro atoms. The molecule has 0 heterocycles. The molecular weight excluding hydrogens is 340 g/mol. The van der Waals surface area contributed by atoms with Crippen molar-refractivity contribution < 1.29 is 19.4 Å². The lowest BCUT2D eigenvalue weighted by atomic mass is 9.97. The summed E-state index contributed by atoms with van der Waals surface area (Å²) in [7, 11) is 0. The number of aliphatic carboxylic acids is 1. The van der Waals surface area contributed by atoms with E-state index < -0.39 is 17.9 Å². The summed E-state index contributed by atoms with van der Waals surface area (Å²) >= 11 is 0. The number of allylic oxidation sites excluding steroid dienone is 2. The topological polar surface area (TPSA) is 63.6 Å². The Morgan fingerprint density at radius 3 is 2.04 bits per heavy atom. The van der Waals surface area contributed by atoms with Gasteiger partial charge in [0.1, 0.15) is 6.61 Å². The number of esters is 1. The molecule has 1 N–H and O–H groups in total. The zero-order chi connectivity index (χ0) is 20.2. The maximum absolute atomic E-state index is 11.9. The first-order valence-corrected chi connectivity index (χ1v) is 10.8. The summed E-state index contributed by atoms with van der Waals surface area (Å²) in [6, 6.07) is 0. The van der Waals surface area contributed by atoms with Crippen LogP contribution < -0.4 is 0 Å². The molecule has 1 unspecified atom stereocenters. The molecule has 4 heteroatoms. The van der Waals surface area contributed by atoms with Crippen LogP contribution in [0.4, 0.5) is 0 Å². The van der Waals surface area contributed by atoms with Gasteiger partial charge >= 0.3 is 11.9 Å². The van der Waals surface area contributed by atoms with E-state index >= 15 is 0 Å². The van der Waals surface area contributed by atoms with Gasteiger partial charge in [-0.05, 0) is 32.1 Å². The van der Waals surface area contributed by atoms with E-state index in [1.165, 1.54) is 63.9 Å². The van der Waals surface area contributed by atoms with Crippen LogP contribution in [0.5, 0.6) is 0 Å². The van der Waals surface area contributed by atoms with Crippen LogP contribution >= 0.6 is 0 Å². The average Bonchev–Trinajstić information content (AvgIpc) is 2.65. The number of carboxylic acids is 1. The minimum atomic E-state index is -0.950. The van der Waals surface area contributed by atoms with Crippen molar-refractivity contribution in [1.82, 2.24) is 0 Å². The second-order valence-corrected chi connectivity index (χ2v) is 7.23. The maximum Gasteiger partial charge on any atom is 0.309 e. The van der Waals surface area contributed by atoms with Crippen molar-refractivity contribution in [3.05, 3.63) is 24.8 Å². The Hall–Kier alpha value is -1.58. The molecule has 0 fully saturated rings. The Morgan fingerprint density at radius 1 is 0.926 bits per heavy atom. The van der Waals surface area contributed by atoms with Gasteiger partial charge in [-0.15, -0.1) is 0 Å². The molecule has 0 aliphatic heterocycles. The van der Waals surface area contributed by atoms with Gasteiger partial charge in [0.15, 0.2) is 0 Å². The van der Waals surface area contributed by atoms with Gasteiger partial charge in [-0.2, -0.15) is 0 Å². The molecule has 156 valence electrons. The summed E-state index contributed by atoms with van der Waals surface area (Å²) in [5.74, 6) is -1.90. The summed E-state index contributed by atoms with van der Waals surface area (Å²) in [4.78, 5) is 22.8. The van der Waals surface area contributed by atoms with Crippen molar-refractivity contribution in [2.45, 2.75) is 96.8 Å². The number of carbonyl (C=O) groups excluding carboxylic acids is 1. The SMILES string of the molecule is C=CCOC(=O)C(CCCCCCCC/C=C/CCCCCC)CC(=O)O. The van der Waals surface area contributed by atoms with Gasteiger partial charge in [-0.1, -0.05) is 83.1 Å². The molecule has 1 atom stereocenters. The summed E-state index contributed by atoms with van der Waals surface area (Å²) < 4.78 is 5.00. The first-order chi connectivity index (χ1) is 13.1. The summed E-state index contributed by atoms with van der Waals surface area (Å²) in [6.45, 7) is 5.88. The van der Waals surface area contributed by atoms with E-state index in [9.17, 15) is 9.59 Å². The molecule has 0 aromatic carbocycles. The predicted molar refractivity (Wildman–Crippen MR) is 112 cm³/mol. The second-order valence-electron chi connectivity index (χ2n) is 7.23. The van der Waals surface area contributed by atoms with Gasteiger partial charge in [-0.25, -0.2) is 0 Å². The van der Waals surface area contributed by atoms with Crippen LogP contribution in [0.15, 0.2) is 24.8 Å². The predicted octanol–water partition coefficient (Wildman–Crippen LogP) is 6.45. The Balaban J connectivity index is 3.63. The number of hydrogen-bond acceptors (Lipinski definition) is 3. The number of ether oxygens (including phenoxy) is 1. The lowest BCUT2D eigenvalue weighted by molar-refractivity contribution is -0.152. The molecule has 4 nitrogen and oxygen atoms in total. The fourth-order valence-electron chi connectivity index (χ4n) is 3.06. The van der Waals surface area contributed by atoms with Crippen LogP contribution in [0, 0.1) is 5.92 Å². The zero-order valence-electron chi connectivity index (χ0n) is 17.3. The summed E-state index contributed by atoms with van der Waals surface area (Å²) in [5, 5.41) is 8.94. The van der Waals surface area contributed by atoms with E-state index in [1.807, 2.05) is 0 Å². The molecule has 0 amide bonds. The van der Waals surface area contributed by atoms with E-state index in [4.69, 9.17) is 9.84 Å². The highest BCUT2D eigenvalue weighted by atomic mass is 16.5. The molecule has 0 aromatic rings. The first kappa shape index (κ1) is 25.4. The highest BCUT2D eigenvalue weighted by molar-refractivity contribution is 5.79. The quantitative estimate of drug-likeness (QED) is 0.159. The van der Waals surface area contributed by atoms with Crippen molar-refractivity contribution in [1.29, 1.82) is 0 Å². The number of carbonyl (C=O) groups is 2. The lowest BCUT2D eigenvalue weighted by Crippen LogP contribution is -2.21. The fourth-order valence-corrected chi connectivity index (χ4v) is 3.06. The third-order valence-corrected chi connectivity index (χ3v) is 4.66. The van der Waals surface area contributed by atoms with Gasteiger partial charge in [0, 0.05) is 0 Å². The van der Waals surface area contributed by atoms with Gasteiger partial charge in [0.05, 0.1) is 12.3 Å². The number of unbranched alkanes of at least 4 members (excludes halogenated alkanes) is 10. The summed E-state index contributed by atoms with van der Waals surface area (Å²) in [5.41, 5.74) is 0. The van der Waals surface area contributed by atoms with E-state index in [-0.39, 0.29) is 13.0 Å². The largest absolute Gasteiger partial charge is 0.481 e. The van der Waals surface area contributed by atoms with Gasteiger partial charge in [0.25, 0.3) is 0 Å². The second kappa shape index (κ2) is 19.2. The van der Waals surface area contributed by atoms with Gasteiger partial charge < -0.3 is 9.84 Å². The van der Waals surface area contributed by atoms with Crippen LogP contribution in [-0.4, -0.2) is 23.7 Å². The molecule has 0 aromatic heterocycles. The molecular formula is C23H40O4. The number of rotatable bonds is 19. The van der Waals surface area contributed by atoms with E-state index in [0.717, 1.165) is 19.3 Å². The van der Waals surface area contributed by atoms with Crippen molar-refractivity contribution in [2.75, 3.05) is 6.61 Å². The van der Waals surface area contributed by atoms with E-state index in [0.29, 0.717) is 6.42 Å².